The van der Waals surface area contributed by atoms with E-state index in [1.165, 1.54) is 25.7 Å². The van der Waals surface area contributed by atoms with E-state index in [0.717, 1.165) is 25.7 Å². The largest absolute Gasteiger partial charge is 0.333 e. The lowest BCUT2D eigenvalue weighted by molar-refractivity contribution is 0.464. The molecule has 2 N–H and O–H groups in total. The molecule has 0 unspecified atom stereocenters. The minimum absolute atomic E-state index is 0.331. The summed E-state index contributed by atoms with van der Waals surface area (Å²) in [6.07, 6.45) is 8.81. The first-order valence-corrected chi connectivity index (χ1v) is 7.01. The van der Waals surface area contributed by atoms with Crippen LogP contribution in [0.15, 0.2) is 0 Å². The van der Waals surface area contributed by atoms with Gasteiger partial charge in [0.2, 0.25) is 0 Å². The van der Waals surface area contributed by atoms with E-state index in [1.807, 2.05) is 0 Å². The van der Waals surface area contributed by atoms with Gasteiger partial charge < -0.3 is 0 Å². The van der Waals surface area contributed by atoms with E-state index < -0.39 is 10.3 Å². The Morgan fingerprint density at radius 3 is 1.87 bits per heavy atom. The molecule has 0 heterocycles. The van der Waals surface area contributed by atoms with Crippen LogP contribution in [-0.2, 0) is 10.3 Å². The minimum Gasteiger partial charge on any atom is -0.273 e. The zero-order valence-electron chi connectivity index (χ0n) is 9.24. The number of hydrogen-bond acceptors (Lipinski definition) is 2. The Kier molecular flexibility index (Phi) is 9.04. The Labute approximate surface area is 93.3 Å². The summed E-state index contributed by atoms with van der Waals surface area (Å²) in [7, 11) is -3.99. The quantitative estimate of drug-likeness (QED) is 0.452. The Morgan fingerprint density at radius 1 is 0.933 bits per heavy atom. The molecule has 0 atom stereocenters. The summed E-state index contributed by atoms with van der Waals surface area (Å²) >= 11 is 0. The van der Waals surface area contributed by atoms with Crippen molar-refractivity contribution in [2.75, 3.05) is 6.54 Å². The van der Waals surface area contributed by atoms with E-state index in [4.69, 9.17) is 4.55 Å². The van der Waals surface area contributed by atoms with Crippen molar-refractivity contribution in [3.8, 4) is 0 Å². The van der Waals surface area contributed by atoms with Crippen LogP contribution in [0.1, 0.15) is 51.4 Å². The molecule has 0 aromatic heterocycles. The molecule has 15 heavy (non-hydrogen) atoms. The topological polar surface area (TPSA) is 66.4 Å². The van der Waals surface area contributed by atoms with Crippen LogP contribution in [0.25, 0.3) is 0 Å². The standard InChI is InChI=1S/C10H22NO3S/c1-2-3-4-5-6-7-8-9-10-11-15(12,13)14/h11H,1-10H2,(H,12,13,14). The van der Waals surface area contributed by atoms with Gasteiger partial charge in [0, 0.05) is 6.54 Å². The van der Waals surface area contributed by atoms with E-state index in [-0.39, 0.29) is 0 Å². The third-order valence-corrected chi connectivity index (χ3v) is 2.78. The van der Waals surface area contributed by atoms with Crippen LogP contribution >= 0.6 is 0 Å². The zero-order chi connectivity index (χ0) is 11.6. The molecule has 0 saturated heterocycles. The fourth-order valence-electron chi connectivity index (χ4n) is 1.39. The Balaban J connectivity index is 3.06. The molecule has 0 aliphatic carbocycles. The van der Waals surface area contributed by atoms with Gasteiger partial charge in [0.1, 0.15) is 0 Å². The van der Waals surface area contributed by atoms with E-state index >= 15 is 0 Å². The molecule has 0 fully saturated rings. The highest BCUT2D eigenvalue weighted by Crippen LogP contribution is 2.07. The second-order valence-electron chi connectivity index (χ2n) is 3.70. The lowest BCUT2D eigenvalue weighted by Gasteiger charge is -2.01. The smallest absolute Gasteiger partial charge is 0.273 e. The van der Waals surface area contributed by atoms with Crippen molar-refractivity contribution >= 4 is 10.3 Å². The average molecular weight is 236 g/mol. The summed E-state index contributed by atoms with van der Waals surface area (Å²) in [5.74, 6) is 0. The molecule has 4 nitrogen and oxygen atoms in total. The predicted octanol–water partition coefficient (Wildman–Crippen LogP) is 2.33. The van der Waals surface area contributed by atoms with Gasteiger partial charge in [-0.2, -0.15) is 13.1 Å². The SMILES string of the molecule is [CH2]CCCCCCCCCNS(=O)(=O)O. The maximum Gasteiger partial charge on any atom is 0.333 e. The minimum atomic E-state index is -3.99. The van der Waals surface area contributed by atoms with Crippen LogP contribution < -0.4 is 4.72 Å². The number of unbranched alkanes of at least 4 members (excludes halogenated alkanes) is 7. The van der Waals surface area contributed by atoms with Crippen LogP contribution in [0.3, 0.4) is 0 Å². The molecule has 0 aliphatic heterocycles. The van der Waals surface area contributed by atoms with E-state index in [9.17, 15) is 8.42 Å². The van der Waals surface area contributed by atoms with Gasteiger partial charge in [-0.15, -0.1) is 0 Å². The van der Waals surface area contributed by atoms with Gasteiger partial charge in [-0.25, -0.2) is 0 Å². The first-order chi connectivity index (χ1) is 7.06. The molecule has 5 heteroatoms. The molecule has 1 radical (unpaired) electrons. The van der Waals surface area contributed by atoms with Crippen LogP contribution in [0.4, 0.5) is 0 Å². The number of hydrogen-bond donors (Lipinski definition) is 2. The summed E-state index contributed by atoms with van der Waals surface area (Å²) in [6.45, 7) is 4.11. The first-order valence-electron chi connectivity index (χ1n) is 5.57. The Bertz CT molecular complexity index is 227. The van der Waals surface area contributed by atoms with Crippen molar-refractivity contribution in [1.82, 2.24) is 4.72 Å². The fraction of sp³-hybridized carbons (Fsp3) is 0.900. The molecule has 0 aromatic carbocycles. The number of nitrogens with one attached hydrogen (secondary N) is 1. The maximum absolute atomic E-state index is 10.3. The van der Waals surface area contributed by atoms with Crippen LogP contribution in [0.5, 0.6) is 0 Å². The Morgan fingerprint density at radius 2 is 1.40 bits per heavy atom. The monoisotopic (exact) mass is 236 g/mol. The van der Waals surface area contributed by atoms with E-state index in [2.05, 4.69) is 11.6 Å². The second kappa shape index (κ2) is 9.12. The van der Waals surface area contributed by atoms with Crippen LogP contribution in [-0.4, -0.2) is 19.5 Å². The van der Waals surface area contributed by atoms with Gasteiger partial charge in [0.05, 0.1) is 0 Å². The van der Waals surface area contributed by atoms with Gasteiger partial charge in [-0.1, -0.05) is 51.9 Å². The van der Waals surface area contributed by atoms with Crippen LogP contribution in [0.2, 0.25) is 0 Å². The maximum atomic E-state index is 10.3. The summed E-state index contributed by atoms with van der Waals surface area (Å²) in [4.78, 5) is 0. The third-order valence-electron chi connectivity index (χ3n) is 2.21. The highest BCUT2D eigenvalue weighted by atomic mass is 32.2. The van der Waals surface area contributed by atoms with Crippen molar-refractivity contribution < 1.29 is 13.0 Å². The summed E-state index contributed by atoms with van der Waals surface area (Å²) < 4.78 is 31.0. The molecule has 0 aliphatic rings. The van der Waals surface area contributed by atoms with E-state index in [0.29, 0.717) is 6.54 Å². The molecule has 0 saturated carbocycles. The van der Waals surface area contributed by atoms with Gasteiger partial charge in [-0.3, -0.25) is 4.55 Å². The molecule has 0 aromatic rings. The zero-order valence-corrected chi connectivity index (χ0v) is 10.1. The molecule has 0 spiro atoms. The fourth-order valence-corrected chi connectivity index (χ4v) is 1.79. The lowest BCUT2D eigenvalue weighted by Crippen LogP contribution is -2.23. The highest BCUT2D eigenvalue weighted by Gasteiger charge is 2.00. The summed E-state index contributed by atoms with van der Waals surface area (Å²) in [5, 5.41) is 0. The highest BCUT2D eigenvalue weighted by molar-refractivity contribution is 7.83. The normalized spacial score (nSPS) is 11.9. The van der Waals surface area contributed by atoms with Crippen molar-refractivity contribution in [3.63, 3.8) is 0 Å². The van der Waals surface area contributed by atoms with Crippen molar-refractivity contribution in [3.05, 3.63) is 6.92 Å². The van der Waals surface area contributed by atoms with Gasteiger partial charge in [-0.05, 0) is 6.42 Å². The second-order valence-corrected chi connectivity index (χ2v) is 4.94. The first kappa shape index (κ1) is 14.9. The molecule has 0 bridgehead atoms. The molecule has 91 valence electrons. The molecule has 0 amide bonds. The predicted molar refractivity (Wildman–Crippen MR) is 61.8 cm³/mol. The van der Waals surface area contributed by atoms with Crippen LogP contribution in [0, 0.1) is 6.92 Å². The molecular weight excluding hydrogens is 214 g/mol. The van der Waals surface area contributed by atoms with Crippen molar-refractivity contribution in [1.29, 1.82) is 0 Å². The van der Waals surface area contributed by atoms with E-state index in [1.54, 1.807) is 0 Å². The molecule has 0 rings (SSSR count). The van der Waals surface area contributed by atoms with Crippen molar-refractivity contribution in [2.45, 2.75) is 51.4 Å². The average Bonchev–Trinajstić information content (AvgIpc) is 2.14. The molecular formula is C10H22NO3S. The lowest BCUT2D eigenvalue weighted by atomic mass is 10.1. The summed E-state index contributed by atoms with van der Waals surface area (Å²) in [6, 6.07) is 0. The summed E-state index contributed by atoms with van der Waals surface area (Å²) in [5.41, 5.74) is 0. The van der Waals surface area contributed by atoms with Gasteiger partial charge >= 0.3 is 10.3 Å². The third kappa shape index (κ3) is 13.9. The number of rotatable bonds is 10. The van der Waals surface area contributed by atoms with Crippen molar-refractivity contribution in [2.24, 2.45) is 0 Å². The Hall–Kier alpha value is -0.130. The van der Waals surface area contributed by atoms with Gasteiger partial charge in [0.25, 0.3) is 0 Å². The van der Waals surface area contributed by atoms with Gasteiger partial charge in [0.15, 0.2) is 0 Å².